The average molecular weight is 422 g/mol. The van der Waals surface area contributed by atoms with Crippen molar-refractivity contribution in [3.05, 3.63) is 63.8 Å². The van der Waals surface area contributed by atoms with Crippen LogP contribution in [-0.4, -0.2) is 46.1 Å². The summed E-state index contributed by atoms with van der Waals surface area (Å²) in [5, 5.41) is 4.11. The lowest BCUT2D eigenvalue weighted by Crippen LogP contribution is -2.38. The minimum Gasteiger partial charge on any atom is -0.496 e. The molecule has 0 aliphatic carbocycles. The molecular weight excluding hydrogens is 396 g/mol. The minimum atomic E-state index is -0.179. The molecule has 162 valence electrons. The number of hydrogen-bond acceptors (Lipinski definition) is 6. The molecule has 0 bridgehead atoms. The molecule has 1 N–H and O–H groups in total. The van der Waals surface area contributed by atoms with Crippen molar-refractivity contribution in [1.82, 2.24) is 20.0 Å². The number of carbonyl (C=O) groups excluding carboxylic acids is 1. The van der Waals surface area contributed by atoms with E-state index >= 15 is 0 Å². The highest BCUT2D eigenvalue weighted by Crippen LogP contribution is 2.28. The number of methoxy groups -OCH3 is 1. The van der Waals surface area contributed by atoms with Crippen molar-refractivity contribution in [3.8, 4) is 17.2 Å². The van der Waals surface area contributed by atoms with Crippen molar-refractivity contribution in [2.24, 2.45) is 0 Å². The number of piperidine rings is 1. The zero-order valence-electron chi connectivity index (χ0n) is 17.8. The molecule has 1 aliphatic rings. The molecule has 3 heterocycles. The summed E-state index contributed by atoms with van der Waals surface area (Å²) in [6, 6.07) is 9.16. The van der Waals surface area contributed by atoms with E-state index in [9.17, 15) is 9.59 Å². The fraction of sp³-hybridized carbons (Fsp3) is 0.391. The molecule has 1 saturated heterocycles. The summed E-state index contributed by atoms with van der Waals surface area (Å²) in [5.74, 6) is 2.22. The van der Waals surface area contributed by atoms with Crippen molar-refractivity contribution in [1.29, 1.82) is 0 Å². The Morgan fingerprint density at radius 2 is 2.06 bits per heavy atom. The van der Waals surface area contributed by atoms with Crippen molar-refractivity contribution in [2.75, 3.05) is 20.2 Å². The summed E-state index contributed by atoms with van der Waals surface area (Å²) in [6.45, 7) is 3.37. The molecule has 1 fully saturated rings. The van der Waals surface area contributed by atoms with Gasteiger partial charge in [-0.15, -0.1) is 0 Å². The summed E-state index contributed by atoms with van der Waals surface area (Å²) in [6.07, 6.45) is 4.34. The van der Waals surface area contributed by atoms with Gasteiger partial charge in [0.1, 0.15) is 5.75 Å². The topological polar surface area (TPSA) is 101 Å². The Morgan fingerprint density at radius 3 is 2.77 bits per heavy atom. The van der Waals surface area contributed by atoms with Gasteiger partial charge in [-0.05, 0) is 49.4 Å². The van der Waals surface area contributed by atoms with E-state index in [0.717, 1.165) is 29.7 Å². The SMILES string of the molecule is COc1cc(CCC(=O)N2CCC(c3noc(-c4ccc(=O)[nH]c4)n3)CC2)ccc1C. The summed E-state index contributed by atoms with van der Waals surface area (Å²) in [5.41, 5.74) is 2.69. The van der Waals surface area contributed by atoms with E-state index in [-0.39, 0.29) is 17.4 Å². The second-order valence-electron chi connectivity index (χ2n) is 7.86. The Balaban J connectivity index is 1.30. The molecular formula is C23H26N4O4. The number of aryl methyl sites for hydroxylation is 2. The number of benzene rings is 1. The highest BCUT2D eigenvalue weighted by molar-refractivity contribution is 5.76. The smallest absolute Gasteiger partial charge is 0.259 e. The third-order valence-corrected chi connectivity index (χ3v) is 5.79. The first-order valence-electron chi connectivity index (χ1n) is 10.5. The molecule has 31 heavy (non-hydrogen) atoms. The first kappa shape index (κ1) is 20.8. The number of H-pyrrole nitrogens is 1. The molecule has 1 aliphatic heterocycles. The molecule has 0 saturated carbocycles. The molecule has 2 aromatic heterocycles. The van der Waals surface area contributed by atoms with Crippen LogP contribution in [0.5, 0.6) is 5.75 Å². The van der Waals surface area contributed by atoms with Crippen LogP contribution in [0.2, 0.25) is 0 Å². The van der Waals surface area contributed by atoms with Gasteiger partial charge in [0.25, 0.3) is 5.89 Å². The molecule has 0 spiro atoms. The number of nitrogens with one attached hydrogen (secondary N) is 1. The number of likely N-dealkylation sites (tertiary alicyclic amines) is 1. The maximum absolute atomic E-state index is 12.7. The number of nitrogens with zero attached hydrogens (tertiary/aromatic N) is 3. The number of aromatic nitrogens is 3. The van der Waals surface area contributed by atoms with Crippen LogP contribution >= 0.6 is 0 Å². The molecule has 1 aromatic carbocycles. The summed E-state index contributed by atoms with van der Waals surface area (Å²) in [4.78, 5) is 32.9. The standard InChI is InChI=1S/C23H26N4O4/c1-15-3-4-16(13-19(15)30-2)5-8-21(29)27-11-9-17(10-12-27)22-25-23(31-26-22)18-6-7-20(28)24-14-18/h3-4,6-7,13-14,17H,5,8-12H2,1-2H3,(H,24,28). The zero-order chi connectivity index (χ0) is 21.8. The van der Waals surface area contributed by atoms with Crippen molar-refractivity contribution < 1.29 is 14.1 Å². The fourth-order valence-electron chi connectivity index (χ4n) is 3.88. The number of amides is 1. The maximum atomic E-state index is 12.7. The molecule has 0 unspecified atom stereocenters. The Morgan fingerprint density at radius 1 is 1.26 bits per heavy atom. The van der Waals surface area contributed by atoms with E-state index < -0.39 is 0 Å². The lowest BCUT2D eigenvalue weighted by Gasteiger charge is -2.30. The predicted octanol–water partition coefficient (Wildman–Crippen LogP) is 3.08. The first-order chi connectivity index (χ1) is 15.0. The predicted molar refractivity (Wildman–Crippen MR) is 115 cm³/mol. The number of hydrogen-bond donors (Lipinski definition) is 1. The lowest BCUT2D eigenvalue weighted by atomic mass is 9.95. The molecule has 0 atom stereocenters. The molecule has 1 amide bonds. The van der Waals surface area contributed by atoms with E-state index in [2.05, 4.69) is 15.1 Å². The molecule has 0 radical (unpaired) electrons. The second-order valence-corrected chi connectivity index (χ2v) is 7.86. The van der Waals surface area contributed by atoms with Gasteiger partial charge in [0.15, 0.2) is 5.82 Å². The summed E-state index contributed by atoms with van der Waals surface area (Å²) >= 11 is 0. The third kappa shape index (κ3) is 4.84. The van der Waals surface area contributed by atoms with Gasteiger partial charge in [0.2, 0.25) is 11.5 Å². The van der Waals surface area contributed by atoms with E-state index in [4.69, 9.17) is 9.26 Å². The van der Waals surface area contributed by atoms with Gasteiger partial charge in [-0.1, -0.05) is 17.3 Å². The number of aromatic amines is 1. The number of rotatable bonds is 6. The summed E-state index contributed by atoms with van der Waals surface area (Å²) in [7, 11) is 1.66. The number of ether oxygens (including phenoxy) is 1. The first-order valence-corrected chi connectivity index (χ1v) is 10.5. The molecule has 8 nitrogen and oxygen atoms in total. The Hall–Kier alpha value is -3.42. The normalized spacial score (nSPS) is 14.6. The van der Waals surface area contributed by atoms with Crippen LogP contribution in [0.1, 0.15) is 42.1 Å². The van der Waals surface area contributed by atoms with Gasteiger partial charge in [0.05, 0.1) is 12.7 Å². The van der Waals surface area contributed by atoms with Crippen LogP contribution in [-0.2, 0) is 11.2 Å². The van der Waals surface area contributed by atoms with Crippen LogP contribution in [0.15, 0.2) is 45.8 Å². The molecule has 3 aromatic rings. The van der Waals surface area contributed by atoms with E-state index in [1.165, 1.54) is 6.07 Å². The van der Waals surface area contributed by atoms with E-state index in [1.807, 2.05) is 30.0 Å². The van der Waals surface area contributed by atoms with Gasteiger partial charge in [-0.3, -0.25) is 9.59 Å². The number of carbonyl (C=O) groups is 1. The van der Waals surface area contributed by atoms with Crippen LogP contribution in [0.25, 0.3) is 11.5 Å². The van der Waals surface area contributed by atoms with E-state index in [1.54, 1.807) is 19.4 Å². The van der Waals surface area contributed by atoms with E-state index in [0.29, 0.717) is 43.2 Å². The van der Waals surface area contributed by atoms with Gasteiger partial charge in [-0.2, -0.15) is 4.98 Å². The highest BCUT2D eigenvalue weighted by Gasteiger charge is 2.27. The van der Waals surface area contributed by atoms with Gasteiger partial charge in [0, 0.05) is 37.7 Å². The Bertz CT molecular complexity index is 1090. The molecule has 4 rings (SSSR count). The minimum absolute atomic E-state index is 0.158. The lowest BCUT2D eigenvalue weighted by molar-refractivity contribution is -0.132. The second kappa shape index (κ2) is 9.16. The van der Waals surface area contributed by atoms with Crippen LogP contribution in [0, 0.1) is 6.92 Å². The van der Waals surface area contributed by atoms with Crippen molar-refractivity contribution in [3.63, 3.8) is 0 Å². The Labute approximate surface area is 180 Å². The zero-order valence-corrected chi connectivity index (χ0v) is 17.8. The quantitative estimate of drug-likeness (QED) is 0.655. The summed E-state index contributed by atoms with van der Waals surface area (Å²) < 4.78 is 10.7. The highest BCUT2D eigenvalue weighted by atomic mass is 16.5. The average Bonchev–Trinajstić information content (AvgIpc) is 3.29. The maximum Gasteiger partial charge on any atom is 0.259 e. The van der Waals surface area contributed by atoms with Crippen molar-refractivity contribution >= 4 is 5.91 Å². The largest absolute Gasteiger partial charge is 0.496 e. The van der Waals surface area contributed by atoms with Gasteiger partial charge in [-0.25, -0.2) is 0 Å². The van der Waals surface area contributed by atoms with Gasteiger partial charge >= 0.3 is 0 Å². The number of pyridine rings is 1. The Kier molecular flexibility index (Phi) is 6.16. The van der Waals surface area contributed by atoms with Crippen molar-refractivity contribution in [2.45, 2.75) is 38.5 Å². The van der Waals surface area contributed by atoms with Crippen LogP contribution < -0.4 is 10.3 Å². The fourth-order valence-corrected chi connectivity index (χ4v) is 3.88. The van der Waals surface area contributed by atoms with Crippen LogP contribution in [0.3, 0.4) is 0 Å². The monoisotopic (exact) mass is 422 g/mol. The third-order valence-electron chi connectivity index (χ3n) is 5.79. The van der Waals surface area contributed by atoms with Crippen LogP contribution in [0.4, 0.5) is 0 Å². The van der Waals surface area contributed by atoms with Gasteiger partial charge < -0.3 is 19.1 Å². The molecule has 8 heteroatoms.